The summed E-state index contributed by atoms with van der Waals surface area (Å²) >= 11 is 6.14. The normalized spacial score (nSPS) is 24.3. The average molecular weight is 723 g/mol. The second kappa shape index (κ2) is 13.4. The van der Waals surface area contributed by atoms with Crippen LogP contribution in [0.1, 0.15) is 77.8 Å². The number of amides is 6. The number of halogens is 3. The Hall–Kier alpha value is -4.20. The van der Waals surface area contributed by atoms with Gasteiger partial charge in [0, 0.05) is 56.3 Å². The van der Waals surface area contributed by atoms with Gasteiger partial charge < -0.3 is 4.90 Å². The summed E-state index contributed by atoms with van der Waals surface area (Å²) in [6.07, 6.45) is 2.53. The van der Waals surface area contributed by atoms with Crippen molar-refractivity contribution in [1.82, 2.24) is 30.0 Å². The van der Waals surface area contributed by atoms with Crippen molar-refractivity contribution in [3.8, 4) is 0 Å². The van der Waals surface area contributed by atoms with Crippen LogP contribution in [-0.4, -0.2) is 112 Å². The standard InChI is InChI=1S/C37H41ClF2N6O5/c1-36(2)12-9-27(29(20-36)24-4-6-25(38)7-5-24)32(48)44-17-15-43(16-18-44)30-10-13-42(22-37(30,39)40)21-23-3-8-26-28(19-23)34(50)46(33(26)49)45-14-11-31(47)41-35(45)51/h3-8,19,30H,9-18,20-22H2,1-2H3,(H,41,47,51). The molecule has 3 saturated heterocycles. The molecule has 2 aromatic rings. The molecule has 14 heteroatoms. The quantitative estimate of drug-likeness (QED) is 0.426. The van der Waals surface area contributed by atoms with Crippen LogP contribution in [0.15, 0.2) is 48.0 Å². The van der Waals surface area contributed by atoms with Crippen molar-refractivity contribution in [1.29, 1.82) is 0 Å². The molecule has 270 valence electrons. The zero-order valence-electron chi connectivity index (χ0n) is 28.7. The van der Waals surface area contributed by atoms with Gasteiger partial charge in [-0.3, -0.25) is 34.3 Å². The third-order valence-electron chi connectivity index (χ3n) is 10.8. The highest BCUT2D eigenvalue weighted by molar-refractivity contribution is 6.30. The fraction of sp³-hybridized carbons (Fsp3) is 0.486. The third kappa shape index (κ3) is 6.91. The van der Waals surface area contributed by atoms with Gasteiger partial charge in [0.15, 0.2) is 0 Å². The second-order valence-electron chi connectivity index (χ2n) is 14.9. The van der Waals surface area contributed by atoms with E-state index in [0.717, 1.165) is 39.6 Å². The zero-order chi connectivity index (χ0) is 36.2. The molecule has 11 nitrogen and oxygen atoms in total. The van der Waals surface area contributed by atoms with Gasteiger partial charge in [0.2, 0.25) is 11.8 Å². The van der Waals surface area contributed by atoms with E-state index in [2.05, 4.69) is 19.2 Å². The van der Waals surface area contributed by atoms with Gasteiger partial charge in [-0.2, -0.15) is 5.01 Å². The monoisotopic (exact) mass is 722 g/mol. The van der Waals surface area contributed by atoms with Gasteiger partial charge in [0.25, 0.3) is 17.7 Å². The van der Waals surface area contributed by atoms with Gasteiger partial charge in [0.05, 0.1) is 30.3 Å². The lowest BCUT2D eigenvalue weighted by molar-refractivity contribution is -0.142. The number of carbonyl (C=O) groups excluding carboxylic acids is 5. The van der Waals surface area contributed by atoms with E-state index in [1.165, 1.54) is 12.1 Å². The summed E-state index contributed by atoms with van der Waals surface area (Å²) in [5, 5.41) is 4.39. The molecule has 1 aliphatic carbocycles. The van der Waals surface area contributed by atoms with Gasteiger partial charge >= 0.3 is 6.03 Å². The molecule has 3 fully saturated rings. The van der Waals surface area contributed by atoms with E-state index in [9.17, 15) is 24.0 Å². The molecule has 1 unspecified atom stereocenters. The molecule has 51 heavy (non-hydrogen) atoms. The summed E-state index contributed by atoms with van der Waals surface area (Å²) in [6, 6.07) is 10.4. The van der Waals surface area contributed by atoms with Gasteiger partial charge in [0.1, 0.15) is 0 Å². The van der Waals surface area contributed by atoms with Crippen molar-refractivity contribution < 1.29 is 32.8 Å². The number of hydrogen-bond acceptors (Lipinski definition) is 7. The van der Waals surface area contributed by atoms with Crippen LogP contribution in [0.3, 0.4) is 0 Å². The molecule has 1 atom stereocenters. The summed E-state index contributed by atoms with van der Waals surface area (Å²) in [5.41, 5.74) is 3.69. The molecule has 4 aliphatic heterocycles. The van der Waals surface area contributed by atoms with Gasteiger partial charge in [-0.25, -0.2) is 18.6 Å². The number of allylic oxidation sites excluding steroid dienone is 1. The lowest BCUT2D eigenvalue weighted by Crippen LogP contribution is -2.62. The number of urea groups is 1. The first-order valence-electron chi connectivity index (χ1n) is 17.5. The minimum Gasteiger partial charge on any atom is -0.336 e. The van der Waals surface area contributed by atoms with Crippen molar-refractivity contribution in [2.45, 2.75) is 64.5 Å². The number of hydrogen-bond donors (Lipinski definition) is 1. The number of likely N-dealkylation sites (tertiary alicyclic amines) is 1. The maximum absolute atomic E-state index is 15.8. The predicted molar refractivity (Wildman–Crippen MR) is 185 cm³/mol. The molecule has 0 aromatic heterocycles. The number of hydrazine groups is 1. The lowest BCUT2D eigenvalue weighted by atomic mass is 9.72. The fourth-order valence-electron chi connectivity index (χ4n) is 8.06. The summed E-state index contributed by atoms with van der Waals surface area (Å²) in [6.45, 7) is 5.88. The smallest absolute Gasteiger partial charge is 0.336 e. The molecule has 2 aromatic carbocycles. The van der Waals surface area contributed by atoms with Crippen molar-refractivity contribution in [3.05, 3.63) is 75.3 Å². The Labute approximate surface area is 300 Å². The molecular formula is C37H41ClF2N6O5. The number of imide groups is 2. The minimum atomic E-state index is -3.01. The molecule has 4 heterocycles. The Kier molecular flexibility index (Phi) is 9.26. The average Bonchev–Trinajstić information content (AvgIpc) is 3.32. The number of rotatable bonds is 6. The number of piperazine rings is 1. The highest BCUT2D eigenvalue weighted by Gasteiger charge is 2.49. The summed E-state index contributed by atoms with van der Waals surface area (Å²) in [7, 11) is 0. The third-order valence-corrected chi connectivity index (χ3v) is 11.1. The molecule has 7 rings (SSSR count). The first kappa shape index (κ1) is 35.2. The summed E-state index contributed by atoms with van der Waals surface area (Å²) in [5.74, 6) is -4.89. The summed E-state index contributed by atoms with van der Waals surface area (Å²) < 4.78 is 31.6. The van der Waals surface area contributed by atoms with Gasteiger partial charge in [-0.15, -0.1) is 0 Å². The van der Waals surface area contributed by atoms with Crippen LogP contribution in [0.25, 0.3) is 5.57 Å². The number of benzene rings is 2. The van der Waals surface area contributed by atoms with Crippen LogP contribution < -0.4 is 5.32 Å². The Morgan fingerprint density at radius 2 is 1.61 bits per heavy atom. The van der Waals surface area contributed by atoms with E-state index < -0.39 is 42.3 Å². The summed E-state index contributed by atoms with van der Waals surface area (Å²) in [4.78, 5) is 69.2. The topological polar surface area (TPSA) is 114 Å². The van der Waals surface area contributed by atoms with Crippen LogP contribution >= 0.6 is 11.6 Å². The largest absolute Gasteiger partial charge is 0.343 e. The highest BCUT2D eigenvalue weighted by atomic mass is 35.5. The van der Waals surface area contributed by atoms with E-state index in [-0.39, 0.29) is 48.4 Å². The molecule has 5 aliphatic rings. The van der Waals surface area contributed by atoms with Gasteiger partial charge in [-0.05, 0) is 72.1 Å². The van der Waals surface area contributed by atoms with Crippen LogP contribution in [-0.2, 0) is 16.1 Å². The van der Waals surface area contributed by atoms with Crippen LogP contribution in [0.2, 0.25) is 5.02 Å². The lowest BCUT2D eigenvalue weighted by Gasteiger charge is -2.46. The maximum Gasteiger partial charge on any atom is 0.343 e. The van der Waals surface area contributed by atoms with Crippen molar-refractivity contribution in [3.63, 3.8) is 0 Å². The van der Waals surface area contributed by atoms with Crippen LogP contribution in [0.5, 0.6) is 0 Å². The number of nitrogens with zero attached hydrogens (tertiary/aromatic N) is 5. The molecule has 1 N–H and O–H groups in total. The van der Waals surface area contributed by atoms with Crippen LogP contribution in [0, 0.1) is 5.41 Å². The highest BCUT2D eigenvalue weighted by Crippen LogP contribution is 2.44. The minimum absolute atomic E-state index is 0.0105. The molecule has 6 amide bonds. The predicted octanol–water partition coefficient (Wildman–Crippen LogP) is 4.81. The number of piperidine rings is 1. The van der Waals surface area contributed by atoms with E-state index in [4.69, 9.17) is 11.6 Å². The van der Waals surface area contributed by atoms with E-state index in [1.807, 2.05) is 34.1 Å². The van der Waals surface area contributed by atoms with Crippen molar-refractivity contribution in [2.75, 3.05) is 45.8 Å². The second-order valence-corrected chi connectivity index (χ2v) is 15.4. The number of alkyl halides is 2. The molecule has 0 bridgehead atoms. The SMILES string of the molecule is CC1(C)CCC(C(=O)N2CCN(C3CCN(Cc4ccc5c(c4)C(=O)N(N4CCC(=O)NC4=O)C5=O)CC3(F)F)CC2)=C(c2ccc(Cl)cc2)C1. The Morgan fingerprint density at radius 3 is 2.29 bits per heavy atom. The Morgan fingerprint density at radius 1 is 0.902 bits per heavy atom. The molecule has 0 spiro atoms. The molecule has 0 saturated carbocycles. The van der Waals surface area contributed by atoms with E-state index in [0.29, 0.717) is 49.7 Å². The van der Waals surface area contributed by atoms with E-state index >= 15 is 8.78 Å². The van der Waals surface area contributed by atoms with Gasteiger partial charge in [-0.1, -0.05) is 43.6 Å². The van der Waals surface area contributed by atoms with Crippen molar-refractivity contribution >= 4 is 46.8 Å². The Balaban J connectivity index is 0.969. The Bertz CT molecular complexity index is 1820. The first-order chi connectivity index (χ1) is 24.2. The molecular weight excluding hydrogens is 682 g/mol. The van der Waals surface area contributed by atoms with Crippen molar-refractivity contribution in [2.24, 2.45) is 5.41 Å². The first-order valence-corrected chi connectivity index (χ1v) is 17.8. The fourth-order valence-corrected chi connectivity index (χ4v) is 8.19. The maximum atomic E-state index is 15.8. The zero-order valence-corrected chi connectivity index (χ0v) is 29.5. The molecule has 0 radical (unpaired) electrons. The number of carbonyl (C=O) groups is 5. The number of nitrogens with one attached hydrogen (secondary N) is 1. The number of fused-ring (bicyclic) bond motifs is 1. The van der Waals surface area contributed by atoms with Crippen LogP contribution in [0.4, 0.5) is 13.6 Å². The van der Waals surface area contributed by atoms with E-state index in [1.54, 1.807) is 11.0 Å².